The number of likely N-dealkylation sites (tertiary alicyclic amines) is 1. The quantitative estimate of drug-likeness (QED) is 0.0396. The molecule has 0 aromatic heterocycles. The number of carbonyl (C=O) groups excluding carboxylic acids is 11. The Bertz CT molecular complexity index is 2300. The normalized spacial score (nSPS) is 18.0. The predicted octanol–water partition coefficient (Wildman–Crippen LogP) is 1.94. The Morgan fingerprint density at radius 3 is 1.69 bits per heavy atom. The summed E-state index contributed by atoms with van der Waals surface area (Å²) in [5, 5.41) is 49.6. The van der Waals surface area contributed by atoms with Crippen LogP contribution in [0.1, 0.15) is 182 Å². The molecule has 1 rings (SSSR count). The van der Waals surface area contributed by atoms with Crippen molar-refractivity contribution in [3.05, 3.63) is 12.2 Å². The zero-order valence-corrected chi connectivity index (χ0v) is 54.6. The van der Waals surface area contributed by atoms with Crippen LogP contribution in [0.25, 0.3) is 0 Å². The highest BCUT2D eigenvalue weighted by atomic mass is 16.3. The summed E-state index contributed by atoms with van der Waals surface area (Å²) in [6, 6.07) is -6.63. The molecule has 0 aliphatic carbocycles. The van der Waals surface area contributed by atoms with Crippen LogP contribution in [0.3, 0.4) is 0 Å². The van der Waals surface area contributed by atoms with E-state index in [1.54, 1.807) is 40.8 Å². The number of likely N-dealkylation sites (N-methyl/N-ethyl adjacent to an activating group) is 1. The number of nitrogens with zero attached hydrogens (tertiary/aromatic N) is 1. The zero-order chi connectivity index (χ0) is 65.5. The van der Waals surface area contributed by atoms with Gasteiger partial charge in [-0.3, -0.25) is 52.7 Å². The van der Waals surface area contributed by atoms with Crippen LogP contribution in [0.4, 0.5) is 0 Å². The SMILES string of the molecule is CCC(=O)CC(O)C[C@@H](C)C[C@@H](NC(=O)[C@@H]1C[C@H](C)CN1C(=O)/C=C/[C@H](C)CC)C(=O)N[C@H](C(=O)NC(C)(C)C(=O)N[C@@H](CC(C)C)C(=O)N[C@H](CC(C)C)C(=O)NC(C)(C)C(=O)NC(C)(C)C(=O)NCCC(=O)N[C@@H](C)CNC)[C@H](O)C(C)C. The number of hydrogen-bond donors (Lipinski definition) is 12. The van der Waals surface area contributed by atoms with E-state index in [2.05, 4.69) is 53.2 Å². The summed E-state index contributed by atoms with van der Waals surface area (Å²) in [6.45, 7) is 31.0. The lowest BCUT2D eigenvalue weighted by Crippen LogP contribution is -2.66. The number of hydrogen-bond acceptors (Lipinski definition) is 14. The largest absolute Gasteiger partial charge is 0.393 e. The van der Waals surface area contributed by atoms with Crippen molar-refractivity contribution in [3.63, 3.8) is 0 Å². The van der Waals surface area contributed by atoms with E-state index in [1.807, 2.05) is 55.4 Å². The molecule has 0 saturated carbocycles. The summed E-state index contributed by atoms with van der Waals surface area (Å²) >= 11 is 0. The average Bonchev–Trinajstić information content (AvgIpc) is 3.97. The lowest BCUT2D eigenvalue weighted by atomic mass is 9.92. The summed E-state index contributed by atoms with van der Waals surface area (Å²) in [5.74, 6) is -8.27. The maximum absolute atomic E-state index is 14.5. The first kappa shape index (κ1) is 77.0. The first-order valence-corrected chi connectivity index (χ1v) is 30.5. The molecule has 0 aromatic rings. The second kappa shape index (κ2) is 35.6. The van der Waals surface area contributed by atoms with E-state index in [4.69, 9.17) is 0 Å². The molecular formula is C61H109N11O13. The summed E-state index contributed by atoms with van der Waals surface area (Å²) in [6.07, 6.45) is 2.06. The molecule has 10 amide bonds. The molecule has 12 N–H and O–H groups in total. The van der Waals surface area contributed by atoms with Gasteiger partial charge in [0, 0.05) is 44.9 Å². The van der Waals surface area contributed by atoms with Crippen molar-refractivity contribution in [1.82, 2.24) is 58.1 Å². The van der Waals surface area contributed by atoms with Crippen LogP contribution in [-0.2, 0) is 52.7 Å². The lowest BCUT2D eigenvalue weighted by Gasteiger charge is -2.34. The Labute approximate surface area is 506 Å². The number of carbonyl (C=O) groups is 11. The van der Waals surface area contributed by atoms with Gasteiger partial charge >= 0.3 is 0 Å². The minimum absolute atomic E-state index is 0.00469. The number of nitrogens with one attached hydrogen (secondary N) is 10. The van der Waals surface area contributed by atoms with Gasteiger partial charge in [-0.15, -0.1) is 0 Å². The topological polar surface area (TPSA) is 352 Å². The average molecular weight is 1200 g/mol. The zero-order valence-electron chi connectivity index (χ0n) is 54.6. The maximum atomic E-state index is 14.5. The van der Waals surface area contributed by atoms with E-state index in [0.717, 1.165) is 6.42 Å². The number of ketones is 1. The van der Waals surface area contributed by atoms with E-state index < -0.39 is 118 Å². The Morgan fingerprint density at radius 1 is 0.624 bits per heavy atom. The van der Waals surface area contributed by atoms with Crippen molar-refractivity contribution in [2.75, 3.05) is 26.7 Å². The van der Waals surface area contributed by atoms with Gasteiger partial charge < -0.3 is 68.3 Å². The molecule has 85 heavy (non-hydrogen) atoms. The Morgan fingerprint density at radius 2 is 1.15 bits per heavy atom. The molecule has 0 spiro atoms. The van der Waals surface area contributed by atoms with Gasteiger partial charge in [-0.1, -0.05) is 88.7 Å². The van der Waals surface area contributed by atoms with Crippen LogP contribution in [0.15, 0.2) is 12.2 Å². The molecule has 0 bridgehead atoms. The molecule has 0 radical (unpaired) electrons. The van der Waals surface area contributed by atoms with Gasteiger partial charge in [-0.25, -0.2) is 0 Å². The van der Waals surface area contributed by atoms with Crippen LogP contribution in [-0.4, -0.2) is 172 Å². The molecule has 24 heteroatoms. The highest BCUT2D eigenvalue weighted by molar-refractivity contribution is 6.00. The second-order valence-corrected chi connectivity index (χ2v) is 26.4. The number of rotatable bonds is 37. The highest BCUT2D eigenvalue weighted by Gasteiger charge is 2.43. The van der Waals surface area contributed by atoms with Crippen molar-refractivity contribution < 1.29 is 63.0 Å². The first-order chi connectivity index (χ1) is 39.2. The number of aliphatic hydroxyl groups is 2. The summed E-state index contributed by atoms with van der Waals surface area (Å²) in [7, 11) is 1.76. The fourth-order valence-corrected chi connectivity index (χ4v) is 9.54. The third kappa shape index (κ3) is 27.1. The third-order valence-electron chi connectivity index (χ3n) is 14.9. The maximum Gasteiger partial charge on any atom is 0.246 e. The molecule has 1 aliphatic rings. The first-order valence-electron chi connectivity index (χ1n) is 30.5. The van der Waals surface area contributed by atoms with Crippen molar-refractivity contribution in [1.29, 1.82) is 0 Å². The number of amides is 10. The van der Waals surface area contributed by atoms with Crippen molar-refractivity contribution in [3.8, 4) is 0 Å². The number of Topliss-reactive ketones (excluding diaryl/α,β-unsaturated/α-hetero) is 1. The van der Waals surface area contributed by atoms with E-state index in [1.165, 1.54) is 52.5 Å². The second-order valence-electron chi connectivity index (χ2n) is 26.4. The molecule has 1 heterocycles. The molecule has 1 saturated heterocycles. The smallest absolute Gasteiger partial charge is 0.246 e. The van der Waals surface area contributed by atoms with Gasteiger partial charge in [0.2, 0.25) is 59.1 Å². The summed E-state index contributed by atoms with van der Waals surface area (Å²) in [5.41, 5.74) is -4.92. The van der Waals surface area contributed by atoms with E-state index in [0.29, 0.717) is 19.5 Å². The Kier molecular flexibility index (Phi) is 32.2. The molecule has 11 atom stereocenters. The Balaban J connectivity index is 3.45. The van der Waals surface area contributed by atoms with Crippen molar-refractivity contribution in [2.45, 2.75) is 247 Å². The van der Waals surface area contributed by atoms with E-state index in [9.17, 15) is 63.0 Å². The minimum Gasteiger partial charge on any atom is -0.393 e. The van der Waals surface area contributed by atoms with Gasteiger partial charge in [0.15, 0.2) is 0 Å². The molecule has 1 unspecified atom stereocenters. The fraction of sp³-hybridized carbons (Fsp3) is 0.787. The van der Waals surface area contributed by atoms with Gasteiger partial charge in [0.1, 0.15) is 52.6 Å². The van der Waals surface area contributed by atoms with Crippen molar-refractivity contribution >= 4 is 64.9 Å². The van der Waals surface area contributed by atoms with E-state index in [-0.39, 0.29) is 98.8 Å². The monoisotopic (exact) mass is 1200 g/mol. The molecule has 1 aliphatic heterocycles. The third-order valence-corrected chi connectivity index (χ3v) is 14.9. The highest BCUT2D eigenvalue weighted by Crippen LogP contribution is 2.25. The van der Waals surface area contributed by atoms with Gasteiger partial charge in [-0.2, -0.15) is 0 Å². The molecule has 1 fully saturated rings. The minimum atomic E-state index is -1.82. The van der Waals surface area contributed by atoms with Crippen molar-refractivity contribution in [2.24, 2.45) is 35.5 Å². The number of aliphatic hydroxyl groups excluding tert-OH is 2. The Hall–Kier alpha value is -6.01. The van der Waals surface area contributed by atoms with Crippen LogP contribution in [0.5, 0.6) is 0 Å². The summed E-state index contributed by atoms with van der Waals surface area (Å²) < 4.78 is 0. The van der Waals surface area contributed by atoms with Crippen LogP contribution in [0.2, 0.25) is 0 Å². The van der Waals surface area contributed by atoms with Crippen LogP contribution < -0.4 is 53.2 Å². The molecule has 486 valence electrons. The van der Waals surface area contributed by atoms with Crippen LogP contribution in [0, 0.1) is 35.5 Å². The van der Waals surface area contributed by atoms with Gasteiger partial charge in [-0.05, 0) is 129 Å². The number of allylic oxidation sites excluding steroid dienone is 1. The standard InChI is InChI=1S/C61H109N11O13/c1-20-37(9)22-23-48(76)72-33-39(11)30-46(72)54(81)66-45(29-38(10)28-42(74)31-41(73)21-2)52(79)68-49(50(77)36(7)8)55(82)70-60(15,16)57(84)67-43(26-34(3)4)51(78)65-44(27-35(5)6)53(80)69-61(17,18)58(85)71-59(13,14)56(83)63-25-24-47(75)64-40(12)32-62-19/h22-23,34-40,42-46,49-50,62,74,77H,20-21,24-33H2,1-19H3,(H,63,83)(H,64,75)(H,65,78)(H,66,81)(H,67,84)(H,68,79)(H,69,80)(H,70,82)(H,71,85)/b23-22+/t37-,38-,39+,40+,42?,43+,44-,45-,46+,49+,50-/m1/s1. The van der Waals surface area contributed by atoms with E-state index >= 15 is 0 Å². The molecule has 0 aromatic carbocycles. The van der Waals surface area contributed by atoms with Gasteiger partial charge in [0.05, 0.1) is 12.2 Å². The molecular weight excluding hydrogens is 1090 g/mol. The molecule has 24 nitrogen and oxygen atoms in total. The predicted molar refractivity (Wildman–Crippen MR) is 325 cm³/mol. The summed E-state index contributed by atoms with van der Waals surface area (Å²) in [4.78, 5) is 152. The van der Waals surface area contributed by atoms with Gasteiger partial charge in [0.25, 0.3) is 0 Å². The lowest BCUT2D eigenvalue weighted by molar-refractivity contribution is -0.140. The van der Waals surface area contributed by atoms with Crippen LogP contribution >= 0.6 is 0 Å². The fourth-order valence-electron chi connectivity index (χ4n) is 9.54.